The molecule has 0 bridgehead atoms. The minimum absolute atomic E-state index is 0.457. The van der Waals surface area contributed by atoms with Crippen molar-refractivity contribution in [2.24, 2.45) is 0 Å². The van der Waals surface area contributed by atoms with Gasteiger partial charge in [-0.05, 0) is 26.2 Å². The van der Waals surface area contributed by atoms with E-state index < -0.39 is 10.2 Å². The number of aryl methyl sites for hydroxylation is 1. The van der Waals surface area contributed by atoms with Gasteiger partial charge in [0.15, 0.2) is 5.82 Å². The van der Waals surface area contributed by atoms with Gasteiger partial charge >= 0.3 is 0 Å². The van der Waals surface area contributed by atoms with Gasteiger partial charge < -0.3 is 4.90 Å². The third-order valence-electron chi connectivity index (χ3n) is 4.32. The molecule has 3 rings (SSSR count). The molecule has 2 aliphatic rings. The highest BCUT2D eigenvalue weighted by atomic mass is 35.5. The quantitative estimate of drug-likeness (QED) is 0.813. The first-order chi connectivity index (χ1) is 11.0. The number of halogens is 1. The molecule has 0 amide bonds. The van der Waals surface area contributed by atoms with E-state index in [1.165, 1.54) is 0 Å². The van der Waals surface area contributed by atoms with Crippen molar-refractivity contribution < 1.29 is 8.42 Å². The molecular formula is C14H22ClN5O2S. The van der Waals surface area contributed by atoms with Crippen molar-refractivity contribution in [3.8, 4) is 0 Å². The highest BCUT2D eigenvalue weighted by Crippen LogP contribution is 2.25. The number of rotatable bonds is 3. The molecule has 2 fully saturated rings. The summed E-state index contributed by atoms with van der Waals surface area (Å²) in [4.78, 5) is 10.5. The summed E-state index contributed by atoms with van der Waals surface area (Å²) >= 11 is 6.21. The molecule has 1 aromatic rings. The molecule has 2 aliphatic heterocycles. The molecule has 0 N–H and O–H groups in total. The van der Waals surface area contributed by atoms with E-state index in [4.69, 9.17) is 11.6 Å². The maximum absolute atomic E-state index is 12.7. The standard InChI is InChI=1S/C14H22ClN5O2S/c1-12-16-11-13(15)14(17-12)18-5-4-8-20(10-9-18)23(21,22)19-6-2-3-7-19/h11H,2-10H2,1H3. The fourth-order valence-electron chi connectivity index (χ4n) is 3.08. The van der Waals surface area contributed by atoms with E-state index in [0.29, 0.717) is 49.4 Å². The van der Waals surface area contributed by atoms with Crippen molar-refractivity contribution in [2.45, 2.75) is 26.2 Å². The average Bonchev–Trinajstić information content (AvgIpc) is 2.95. The molecule has 3 heterocycles. The zero-order chi connectivity index (χ0) is 16.4. The van der Waals surface area contributed by atoms with Crippen LogP contribution in [0.5, 0.6) is 0 Å². The van der Waals surface area contributed by atoms with Gasteiger partial charge in [0, 0.05) is 39.3 Å². The lowest BCUT2D eigenvalue weighted by molar-refractivity contribution is 0.373. The van der Waals surface area contributed by atoms with Gasteiger partial charge in [-0.1, -0.05) is 11.6 Å². The van der Waals surface area contributed by atoms with E-state index in [1.54, 1.807) is 14.8 Å². The fraction of sp³-hybridized carbons (Fsp3) is 0.714. The molecule has 2 saturated heterocycles. The first-order valence-corrected chi connectivity index (χ1v) is 9.75. The number of aromatic nitrogens is 2. The van der Waals surface area contributed by atoms with Crippen LogP contribution in [0.1, 0.15) is 25.1 Å². The number of hydrogen-bond donors (Lipinski definition) is 0. The van der Waals surface area contributed by atoms with Gasteiger partial charge in [0.1, 0.15) is 10.8 Å². The lowest BCUT2D eigenvalue weighted by Crippen LogP contribution is -2.44. The Morgan fingerprint density at radius 1 is 1.00 bits per heavy atom. The Bertz CT molecular complexity index is 663. The predicted octanol–water partition coefficient (Wildman–Crippen LogP) is 1.29. The lowest BCUT2D eigenvalue weighted by Gasteiger charge is -2.26. The maximum Gasteiger partial charge on any atom is 0.282 e. The first kappa shape index (κ1) is 16.9. The van der Waals surface area contributed by atoms with E-state index >= 15 is 0 Å². The SMILES string of the molecule is Cc1ncc(Cl)c(N2CCCN(S(=O)(=O)N3CCCC3)CC2)n1. The van der Waals surface area contributed by atoms with Crippen LogP contribution in [-0.2, 0) is 10.2 Å². The zero-order valence-corrected chi connectivity index (χ0v) is 14.9. The van der Waals surface area contributed by atoms with Crippen molar-refractivity contribution in [3.05, 3.63) is 17.0 Å². The minimum Gasteiger partial charge on any atom is -0.354 e. The normalized spacial score (nSPS) is 21.6. The van der Waals surface area contributed by atoms with E-state index in [0.717, 1.165) is 25.8 Å². The van der Waals surface area contributed by atoms with Gasteiger partial charge in [-0.25, -0.2) is 9.97 Å². The highest BCUT2D eigenvalue weighted by molar-refractivity contribution is 7.86. The Morgan fingerprint density at radius 3 is 2.39 bits per heavy atom. The Labute approximate surface area is 142 Å². The smallest absolute Gasteiger partial charge is 0.282 e. The van der Waals surface area contributed by atoms with Crippen LogP contribution in [0.4, 0.5) is 5.82 Å². The van der Waals surface area contributed by atoms with Gasteiger partial charge in [0.05, 0.1) is 6.20 Å². The third-order valence-corrected chi connectivity index (χ3v) is 6.62. The predicted molar refractivity (Wildman–Crippen MR) is 89.9 cm³/mol. The summed E-state index contributed by atoms with van der Waals surface area (Å²) in [5.74, 6) is 1.36. The Balaban J connectivity index is 1.73. The van der Waals surface area contributed by atoms with Gasteiger partial charge in [-0.15, -0.1) is 0 Å². The Hall–Kier alpha value is -0.960. The topological polar surface area (TPSA) is 69.6 Å². The van der Waals surface area contributed by atoms with Crippen LogP contribution in [0, 0.1) is 6.92 Å². The molecule has 0 unspecified atom stereocenters. The van der Waals surface area contributed by atoms with Crippen LogP contribution in [0.25, 0.3) is 0 Å². The monoisotopic (exact) mass is 359 g/mol. The molecule has 7 nitrogen and oxygen atoms in total. The van der Waals surface area contributed by atoms with E-state index in [2.05, 4.69) is 14.9 Å². The number of hydrogen-bond acceptors (Lipinski definition) is 5. The van der Waals surface area contributed by atoms with Crippen LogP contribution in [0.2, 0.25) is 5.02 Å². The molecule has 9 heteroatoms. The zero-order valence-electron chi connectivity index (χ0n) is 13.3. The average molecular weight is 360 g/mol. The fourth-order valence-corrected chi connectivity index (χ4v) is 5.01. The largest absolute Gasteiger partial charge is 0.354 e. The summed E-state index contributed by atoms with van der Waals surface area (Å²) in [6.07, 6.45) is 4.26. The molecule has 0 saturated carbocycles. The highest BCUT2D eigenvalue weighted by Gasteiger charge is 2.33. The molecular weight excluding hydrogens is 338 g/mol. The van der Waals surface area contributed by atoms with Crippen LogP contribution >= 0.6 is 11.6 Å². The van der Waals surface area contributed by atoms with Crippen molar-refractivity contribution in [1.29, 1.82) is 0 Å². The summed E-state index contributed by atoms with van der Waals surface area (Å²) in [6.45, 7) is 5.42. The molecule has 0 aromatic carbocycles. The molecule has 0 radical (unpaired) electrons. The van der Waals surface area contributed by atoms with Crippen molar-refractivity contribution in [3.63, 3.8) is 0 Å². The van der Waals surface area contributed by atoms with Crippen molar-refractivity contribution >= 4 is 27.6 Å². The molecule has 1 aromatic heterocycles. The molecule has 128 valence electrons. The van der Waals surface area contributed by atoms with Crippen LogP contribution in [-0.4, -0.2) is 66.3 Å². The van der Waals surface area contributed by atoms with Crippen molar-refractivity contribution in [1.82, 2.24) is 18.6 Å². The van der Waals surface area contributed by atoms with Gasteiger partial charge in [-0.2, -0.15) is 17.0 Å². The maximum atomic E-state index is 12.7. The Morgan fingerprint density at radius 2 is 1.65 bits per heavy atom. The van der Waals surface area contributed by atoms with E-state index in [-0.39, 0.29) is 0 Å². The Kier molecular flexibility index (Phi) is 5.05. The molecule has 23 heavy (non-hydrogen) atoms. The second kappa shape index (κ2) is 6.88. The van der Waals surface area contributed by atoms with Crippen LogP contribution < -0.4 is 4.90 Å². The molecule has 0 spiro atoms. The van der Waals surface area contributed by atoms with Crippen molar-refractivity contribution in [2.75, 3.05) is 44.2 Å². The van der Waals surface area contributed by atoms with Gasteiger partial charge in [0.25, 0.3) is 10.2 Å². The second-order valence-corrected chi connectivity index (χ2v) is 8.28. The van der Waals surface area contributed by atoms with Gasteiger partial charge in [0.2, 0.25) is 0 Å². The third kappa shape index (κ3) is 3.60. The number of nitrogens with zero attached hydrogens (tertiary/aromatic N) is 5. The summed E-state index contributed by atoms with van der Waals surface area (Å²) in [5.41, 5.74) is 0. The van der Waals surface area contributed by atoms with Crippen LogP contribution in [0.15, 0.2) is 6.20 Å². The summed E-state index contributed by atoms with van der Waals surface area (Å²) in [6, 6.07) is 0. The summed E-state index contributed by atoms with van der Waals surface area (Å²) in [5, 5.41) is 0.506. The van der Waals surface area contributed by atoms with E-state index in [1.807, 2.05) is 6.92 Å². The lowest BCUT2D eigenvalue weighted by atomic mass is 10.4. The van der Waals surface area contributed by atoms with Crippen LogP contribution in [0.3, 0.4) is 0 Å². The molecule has 0 aliphatic carbocycles. The summed E-state index contributed by atoms with van der Waals surface area (Å²) < 4.78 is 28.6. The first-order valence-electron chi connectivity index (χ1n) is 7.98. The minimum atomic E-state index is -3.33. The van der Waals surface area contributed by atoms with Gasteiger partial charge in [-0.3, -0.25) is 0 Å². The second-order valence-electron chi connectivity index (χ2n) is 5.94. The summed E-state index contributed by atoms with van der Waals surface area (Å²) in [7, 11) is -3.33. The van der Waals surface area contributed by atoms with E-state index in [9.17, 15) is 8.42 Å². The molecule has 0 atom stereocenters. The number of anilines is 1.